The van der Waals surface area contributed by atoms with Gasteiger partial charge in [0.25, 0.3) is 0 Å². The summed E-state index contributed by atoms with van der Waals surface area (Å²) in [5.74, 6) is 5.29. The molecule has 3 saturated heterocycles. The molecule has 3 aromatic carbocycles. The van der Waals surface area contributed by atoms with E-state index in [1.54, 1.807) is 42.5 Å². The van der Waals surface area contributed by atoms with E-state index in [-0.39, 0.29) is 17.2 Å². The number of anilines is 3. The lowest BCUT2D eigenvalue weighted by Crippen LogP contribution is -2.37. The summed E-state index contributed by atoms with van der Waals surface area (Å²) in [6.45, 7) is 23.2. The van der Waals surface area contributed by atoms with Crippen LogP contribution in [0.3, 0.4) is 0 Å². The Labute approximate surface area is 446 Å². The number of nitrogens with zero attached hydrogens (tertiary/aromatic N) is 14. The van der Waals surface area contributed by atoms with Gasteiger partial charge in [-0.2, -0.15) is 15.0 Å². The SMILES string of the molecule is CCC(C)n1c(C)nc2c(-c3cccc(O)c3)nc(N3CCOCC3)nc21.CCC(C)n1c(C)nc2c(-c3cccc(O)c3)nc(N3CCOCC3)nc21.Cc1nc2nc(N3CCOCC3)nc(-c3cccc(O)c3)c2[nH]1. The fraction of sp³-hybridized carbons (Fsp3) is 0.411. The molecule has 12 rings (SSSR count). The number of rotatable bonds is 10. The van der Waals surface area contributed by atoms with Crippen LogP contribution in [-0.4, -0.2) is 153 Å². The highest BCUT2D eigenvalue weighted by Crippen LogP contribution is 2.35. The normalized spacial score (nSPS) is 15.8. The van der Waals surface area contributed by atoms with Gasteiger partial charge in [0.15, 0.2) is 16.9 Å². The van der Waals surface area contributed by atoms with Crippen molar-refractivity contribution in [1.82, 2.24) is 59.0 Å². The Hall–Kier alpha value is -8.01. The van der Waals surface area contributed by atoms with Crippen LogP contribution < -0.4 is 14.7 Å². The fourth-order valence-corrected chi connectivity index (χ4v) is 9.85. The number of aromatic nitrogens is 12. The molecule has 21 nitrogen and oxygen atoms in total. The lowest BCUT2D eigenvalue weighted by atomic mass is 10.1. The van der Waals surface area contributed by atoms with Crippen molar-refractivity contribution in [2.75, 3.05) is 93.6 Å². The summed E-state index contributed by atoms with van der Waals surface area (Å²) in [5, 5.41) is 29.7. The number of fused-ring (bicyclic) bond motifs is 3. The van der Waals surface area contributed by atoms with Crippen molar-refractivity contribution in [1.29, 1.82) is 0 Å². The maximum Gasteiger partial charge on any atom is 0.228 e. The summed E-state index contributed by atoms with van der Waals surface area (Å²) < 4.78 is 20.7. The van der Waals surface area contributed by atoms with Crippen LogP contribution in [0.4, 0.5) is 17.8 Å². The fourth-order valence-electron chi connectivity index (χ4n) is 9.85. The van der Waals surface area contributed by atoms with Crippen LogP contribution in [0.1, 0.15) is 70.1 Å². The first-order chi connectivity index (χ1) is 37.4. The summed E-state index contributed by atoms with van der Waals surface area (Å²) >= 11 is 0. The zero-order valence-electron chi connectivity index (χ0n) is 44.8. The molecule has 6 aromatic heterocycles. The first-order valence-corrected chi connectivity index (χ1v) is 26.5. The molecule has 3 fully saturated rings. The Bertz CT molecular complexity index is 3350. The second kappa shape index (κ2) is 23.1. The third-order valence-corrected chi connectivity index (χ3v) is 14.2. The third-order valence-electron chi connectivity index (χ3n) is 14.2. The van der Waals surface area contributed by atoms with E-state index in [9.17, 15) is 15.3 Å². The standard InChI is InChI=1S/2C20H25N5O2.C16H17N5O2/c2*1-4-13(2)25-14(3)21-18-17(15-6-5-7-16(26)12-15)22-20(23-19(18)25)24-8-10-27-11-9-24;1-10-17-14-13(11-3-2-4-12(22)9-11)19-16(20-15(14)18-10)21-5-7-23-8-6-21/h2*5-7,12-13,26H,4,8-11H2,1-3H3;2-4,9,22H,5-8H2,1H3,(H,17,18,19,20). The minimum Gasteiger partial charge on any atom is -0.508 e. The van der Waals surface area contributed by atoms with Gasteiger partial charge in [-0.05, 0) is 83.9 Å². The van der Waals surface area contributed by atoms with E-state index in [2.05, 4.69) is 66.5 Å². The van der Waals surface area contributed by atoms with Gasteiger partial charge in [-0.25, -0.2) is 29.9 Å². The first kappa shape index (κ1) is 52.4. The number of phenols is 3. The Morgan fingerprint density at radius 1 is 0.481 bits per heavy atom. The minimum atomic E-state index is 0.207. The summed E-state index contributed by atoms with van der Waals surface area (Å²) in [5.41, 5.74) is 9.41. The highest BCUT2D eigenvalue weighted by Gasteiger charge is 2.26. The van der Waals surface area contributed by atoms with Crippen LogP contribution in [0.15, 0.2) is 72.8 Å². The van der Waals surface area contributed by atoms with Crippen LogP contribution in [0.25, 0.3) is 67.3 Å². The maximum atomic E-state index is 9.95. The molecule has 0 spiro atoms. The zero-order valence-corrected chi connectivity index (χ0v) is 44.8. The molecule has 4 N–H and O–H groups in total. The van der Waals surface area contributed by atoms with Crippen molar-refractivity contribution < 1.29 is 29.5 Å². The van der Waals surface area contributed by atoms with E-state index in [0.717, 1.165) is 131 Å². The Kier molecular flexibility index (Phi) is 15.7. The van der Waals surface area contributed by atoms with Gasteiger partial charge in [0, 0.05) is 68.0 Å². The van der Waals surface area contributed by atoms with Gasteiger partial charge in [0.05, 0.1) is 39.6 Å². The predicted molar refractivity (Wildman–Crippen MR) is 297 cm³/mol. The number of H-pyrrole nitrogens is 1. The molecule has 0 amide bonds. The first-order valence-electron chi connectivity index (χ1n) is 26.5. The average Bonchev–Trinajstić information content (AvgIpc) is 4.24. The molecule has 2 atom stereocenters. The lowest BCUT2D eigenvalue weighted by Gasteiger charge is -2.27. The maximum absolute atomic E-state index is 9.95. The molecule has 2 unspecified atom stereocenters. The van der Waals surface area contributed by atoms with Crippen LogP contribution in [0.5, 0.6) is 17.2 Å². The van der Waals surface area contributed by atoms with Crippen LogP contribution in [0.2, 0.25) is 0 Å². The zero-order chi connectivity index (χ0) is 53.7. The second-order valence-corrected chi connectivity index (χ2v) is 19.5. The summed E-state index contributed by atoms with van der Waals surface area (Å²) in [6, 6.07) is 22.0. The largest absolute Gasteiger partial charge is 0.508 e. The monoisotopic (exact) mass is 1050 g/mol. The summed E-state index contributed by atoms with van der Waals surface area (Å²) in [7, 11) is 0. The number of imidazole rings is 3. The van der Waals surface area contributed by atoms with Crippen molar-refractivity contribution in [3.8, 4) is 51.0 Å². The lowest BCUT2D eigenvalue weighted by molar-refractivity contribution is 0.122. The third kappa shape index (κ3) is 11.3. The molecule has 402 valence electrons. The number of aryl methyl sites for hydroxylation is 3. The number of phenolic OH excluding ortho intramolecular Hbond substituents is 3. The minimum absolute atomic E-state index is 0.207. The average molecular weight is 1050 g/mol. The van der Waals surface area contributed by atoms with E-state index in [1.165, 1.54) is 0 Å². The molecule has 9 aromatic rings. The Morgan fingerprint density at radius 3 is 1.22 bits per heavy atom. The van der Waals surface area contributed by atoms with Crippen LogP contribution in [-0.2, 0) is 14.2 Å². The molecule has 9 heterocycles. The number of aromatic hydroxyl groups is 3. The molecule has 0 saturated carbocycles. The topological polar surface area (TPSA) is 240 Å². The predicted octanol–water partition coefficient (Wildman–Crippen LogP) is 8.50. The summed E-state index contributed by atoms with van der Waals surface area (Å²) in [4.78, 5) is 52.4. The molecular formula is C56H67N15O6. The molecule has 3 aliphatic heterocycles. The van der Waals surface area contributed by atoms with E-state index < -0.39 is 0 Å². The van der Waals surface area contributed by atoms with E-state index in [0.29, 0.717) is 75.2 Å². The van der Waals surface area contributed by atoms with Gasteiger partial charge in [-0.1, -0.05) is 50.2 Å². The van der Waals surface area contributed by atoms with Crippen LogP contribution in [0, 0.1) is 20.8 Å². The van der Waals surface area contributed by atoms with Gasteiger partial charge >= 0.3 is 0 Å². The second-order valence-electron chi connectivity index (χ2n) is 19.5. The van der Waals surface area contributed by atoms with Gasteiger partial charge in [-0.3, -0.25) is 0 Å². The van der Waals surface area contributed by atoms with Crippen molar-refractivity contribution in [2.45, 2.75) is 73.4 Å². The molecule has 0 aliphatic carbocycles. The van der Waals surface area contributed by atoms with Crippen molar-refractivity contribution in [3.05, 3.63) is 90.3 Å². The number of nitrogens with one attached hydrogen (secondary N) is 1. The van der Waals surface area contributed by atoms with Gasteiger partial charge in [0.2, 0.25) is 17.8 Å². The number of hydrogen-bond acceptors (Lipinski definition) is 18. The highest BCUT2D eigenvalue weighted by molar-refractivity contribution is 5.91. The van der Waals surface area contributed by atoms with E-state index >= 15 is 0 Å². The number of aromatic amines is 1. The van der Waals surface area contributed by atoms with Gasteiger partial charge in [-0.15, -0.1) is 0 Å². The van der Waals surface area contributed by atoms with Gasteiger partial charge in [0.1, 0.15) is 68.4 Å². The van der Waals surface area contributed by atoms with Gasteiger partial charge < -0.3 is 58.3 Å². The molecule has 3 aliphatic rings. The molecule has 0 radical (unpaired) electrons. The number of benzene rings is 3. The molecular weight excluding hydrogens is 979 g/mol. The summed E-state index contributed by atoms with van der Waals surface area (Å²) in [6.07, 6.45) is 1.98. The van der Waals surface area contributed by atoms with Crippen LogP contribution >= 0.6 is 0 Å². The quantitative estimate of drug-likeness (QED) is 0.100. The van der Waals surface area contributed by atoms with Crippen molar-refractivity contribution in [2.24, 2.45) is 0 Å². The van der Waals surface area contributed by atoms with E-state index in [4.69, 9.17) is 49.1 Å². The van der Waals surface area contributed by atoms with Crippen molar-refractivity contribution in [3.63, 3.8) is 0 Å². The highest BCUT2D eigenvalue weighted by atomic mass is 16.5. The number of morpholine rings is 3. The van der Waals surface area contributed by atoms with E-state index in [1.807, 2.05) is 51.1 Å². The smallest absolute Gasteiger partial charge is 0.228 e. The molecule has 0 bridgehead atoms. The molecule has 21 heteroatoms. The Morgan fingerprint density at radius 2 is 0.844 bits per heavy atom. The Balaban J connectivity index is 0.000000131. The number of ether oxygens (including phenoxy) is 3. The van der Waals surface area contributed by atoms with Crippen molar-refractivity contribution >= 4 is 51.3 Å². The number of hydrogen-bond donors (Lipinski definition) is 4. The molecule has 77 heavy (non-hydrogen) atoms.